The molecule has 0 fully saturated rings. The average Bonchev–Trinajstić information content (AvgIpc) is 2.91. The Morgan fingerprint density at radius 2 is 2.10 bits per heavy atom. The van der Waals surface area contributed by atoms with E-state index in [0.29, 0.717) is 0 Å². The Balaban J connectivity index is 2.16. The smallest absolute Gasteiger partial charge is 0.123 e. The van der Waals surface area contributed by atoms with Crippen molar-refractivity contribution in [3.8, 4) is 5.75 Å². The summed E-state index contributed by atoms with van der Waals surface area (Å²) in [6, 6.07) is 8.69. The zero-order valence-electron chi connectivity index (χ0n) is 12.5. The Bertz CT molecular complexity index is 553. The molecule has 1 aromatic heterocycles. The van der Waals surface area contributed by atoms with Gasteiger partial charge in [0.15, 0.2) is 0 Å². The van der Waals surface area contributed by atoms with Crippen molar-refractivity contribution in [2.24, 2.45) is 0 Å². The van der Waals surface area contributed by atoms with Crippen LogP contribution in [0.1, 0.15) is 48.6 Å². The van der Waals surface area contributed by atoms with Crippen LogP contribution >= 0.6 is 11.3 Å². The van der Waals surface area contributed by atoms with Crippen LogP contribution < -0.4 is 10.1 Å². The zero-order chi connectivity index (χ0) is 14.5. The van der Waals surface area contributed by atoms with Crippen LogP contribution in [0.3, 0.4) is 0 Å². The summed E-state index contributed by atoms with van der Waals surface area (Å²) < 4.78 is 5.47. The fourth-order valence-corrected chi connectivity index (χ4v) is 3.05. The van der Waals surface area contributed by atoms with Crippen LogP contribution in [0.15, 0.2) is 29.6 Å². The number of aromatic nitrogens is 1. The van der Waals surface area contributed by atoms with E-state index in [-0.39, 0.29) is 12.1 Å². The number of hydrogen-bond donors (Lipinski definition) is 1. The molecule has 1 N–H and O–H groups in total. The predicted molar refractivity (Wildman–Crippen MR) is 84.4 cm³/mol. The van der Waals surface area contributed by atoms with E-state index in [0.717, 1.165) is 22.9 Å². The van der Waals surface area contributed by atoms with Gasteiger partial charge < -0.3 is 10.1 Å². The van der Waals surface area contributed by atoms with Crippen molar-refractivity contribution in [1.82, 2.24) is 10.3 Å². The molecule has 4 heteroatoms. The van der Waals surface area contributed by atoms with Crippen LogP contribution in [0.25, 0.3) is 0 Å². The van der Waals surface area contributed by atoms with Gasteiger partial charge in [-0.2, -0.15) is 0 Å². The highest BCUT2D eigenvalue weighted by Gasteiger charge is 2.18. The molecule has 108 valence electrons. The van der Waals surface area contributed by atoms with Crippen LogP contribution in [0.4, 0.5) is 0 Å². The predicted octanol–water partition coefficient (Wildman–Crippen LogP) is 4.26. The van der Waals surface area contributed by atoms with Crippen molar-refractivity contribution in [3.63, 3.8) is 0 Å². The molecule has 2 atom stereocenters. The van der Waals surface area contributed by atoms with Crippen LogP contribution in [0, 0.1) is 6.92 Å². The molecule has 0 aliphatic carbocycles. The van der Waals surface area contributed by atoms with Gasteiger partial charge in [0.1, 0.15) is 5.75 Å². The third-order valence-electron chi connectivity index (χ3n) is 3.45. The van der Waals surface area contributed by atoms with Gasteiger partial charge in [-0.05, 0) is 26.3 Å². The second-order valence-electron chi connectivity index (χ2n) is 4.88. The molecule has 0 spiro atoms. The summed E-state index contributed by atoms with van der Waals surface area (Å²) in [6.07, 6.45) is 1.01. The molecule has 2 unspecified atom stereocenters. The van der Waals surface area contributed by atoms with E-state index in [2.05, 4.69) is 41.7 Å². The van der Waals surface area contributed by atoms with Crippen molar-refractivity contribution < 1.29 is 4.74 Å². The van der Waals surface area contributed by atoms with Crippen LogP contribution in [-0.2, 0) is 0 Å². The average molecular weight is 290 g/mol. The summed E-state index contributed by atoms with van der Waals surface area (Å²) in [5.41, 5.74) is 2.32. The summed E-state index contributed by atoms with van der Waals surface area (Å²) in [7, 11) is 1.72. The fourth-order valence-electron chi connectivity index (χ4n) is 2.35. The molecule has 0 bridgehead atoms. The van der Waals surface area contributed by atoms with Gasteiger partial charge in [0, 0.05) is 23.0 Å². The second kappa shape index (κ2) is 6.86. The lowest BCUT2D eigenvalue weighted by Crippen LogP contribution is -2.24. The van der Waals surface area contributed by atoms with Crippen molar-refractivity contribution in [3.05, 3.63) is 45.9 Å². The molecular formula is C16H22N2OS. The largest absolute Gasteiger partial charge is 0.496 e. The zero-order valence-corrected chi connectivity index (χ0v) is 13.3. The highest BCUT2D eigenvalue weighted by Crippen LogP contribution is 2.29. The van der Waals surface area contributed by atoms with E-state index in [9.17, 15) is 0 Å². The van der Waals surface area contributed by atoms with Gasteiger partial charge in [0.25, 0.3) is 0 Å². The van der Waals surface area contributed by atoms with Gasteiger partial charge >= 0.3 is 0 Å². The maximum Gasteiger partial charge on any atom is 0.123 e. The molecule has 0 aliphatic rings. The first-order chi connectivity index (χ1) is 9.65. The molecule has 0 saturated carbocycles. The van der Waals surface area contributed by atoms with E-state index in [4.69, 9.17) is 4.74 Å². The number of methoxy groups -OCH3 is 1. The molecule has 1 heterocycles. The maximum atomic E-state index is 5.47. The molecule has 0 radical (unpaired) electrons. The summed E-state index contributed by atoms with van der Waals surface area (Å²) in [4.78, 5) is 4.56. The van der Waals surface area contributed by atoms with E-state index < -0.39 is 0 Å². The summed E-state index contributed by atoms with van der Waals surface area (Å²) in [5, 5.41) is 6.89. The molecule has 2 rings (SSSR count). The molecular weight excluding hydrogens is 268 g/mol. The van der Waals surface area contributed by atoms with Gasteiger partial charge in [-0.15, -0.1) is 11.3 Å². The van der Waals surface area contributed by atoms with Gasteiger partial charge in [0.05, 0.1) is 17.8 Å². The van der Waals surface area contributed by atoms with E-state index in [1.54, 1.807) is 18.4 Å². The van der Waals surface area contributed by atoms with Crippen molar-refractivity contribution in [1.29, 1.82) is 0 Å². The van der Waals surface area contributed by atoms with Gasteiger partial charge in [-0.1, -0.05) is 25.1 Å². The Kier molecular flexibility index (Phi) is 5.15. The van der Waals surface area contributed by atoms with Gasteiger partial charge in [-0.3, -0.25) is 0 Å². The molecule has 3 nitrogen and oxygen atoms in total. The van der Waals surface area contributed by atoms with Gasteiger partial charge in [0.2, 0.25) is 0 Å². The van der Waals surface area contributed by atoms with Crippen molar-refractivity contribution >= 4 is 11.3 Å². The number of nitrogens with zero attached hydrogens (tertiary/aromatic N) is 1. The van der Waals surface area contributed by atoms with E-state index >= 15 is 0 Å². The summed E-state index contributed by atoms with van der Waals surface area (Å²) in [5.74, 6) is 0.938. The first-order valence-electron chi connectivity index (χ1n) is 6.96. The Labute approximate surface area is 125 Å². The molecule has 20 heavy (non-hydrogen) atoms. The topological polar surface area (TPSA) is 34.2 Å². The van der Waals surface area contributed by atoms with Crippen LogP contribution in [-0.4, -0.2) is 12.1 Å². The summed E-state index contributed by atoms with van der Waals surface area (Å²) >= 11 is 1.70. The van der Waals surface area contributed by atoms with Crippen molar-refractivity contribution in [2.45, 2.75) is 39.3 Å². The third kappa shape index (κ3) is 3.38. The second-order valence-corrected chi connectivity index (χ2v) is 5.94. The third-order valence-corrected chi connectivity index (χ3v) is 4.25. The first-order valence-corrected chi connectivity index (χ1v) is 7.84. The number of benzene rings is 1. The fraction of sp³-hybridized carbons (Fsp3) is 0.438. The minimum Gasteiger partial charge on any atom is -0.496 e. The number of ether oxygens (including phenoxy) is 1. The standard InChI is InChI=1S/C16H22N2OS/c1-5-14(13-8-6-7-9-16(13)19-4)17-11(2)15-10-20-12(3)18-15/h6-11,14,17H,5H2,1-4H3. The lowest BCUT2D eigenvalue weighted by atomic mass is 10.0. The van der Waals surface area contributed by atoms with Crippen LogP contribution in [0.2, 0.25) is 0 Å². The SMILES string of the molecule is CCC(NC(C)c1csc(C)n1)c1ccccc1OC. The minimum absolute atomic E-state index is 0.231. The van der Waals surface area contributed by atoms with Gasteiger partial charge in [-0.25, -0.2) is 4.98 Å². The van der Waals surface area contributed by atoms with Crippen molar-refractivity contribution in [2.75, 3.05) is 7.11 Å². The number of thiazole rings is 1. The Hall–Kier alpha value is -1.39. The normalized spacial score (nSPS) is 14.0. The number of rotatable bonds is 6. The lowest BCUT2D eigenvalue weighted by molar-refractivity contribution is 0.387. The summed E-state index contributed by atoms with van der Waals surface area (Å²) in [6.45, 7) is 6.38. The molecule has 1 aromatic carbocycles. The highest BCUT2D eigenvalue weighted by atomic mass is 32.1. The number of hydrogen-bond acceptors (Lipinski definition) is 4. The highest BCUT2D eigenvalue weighted by molar-refractivity contribution is 7.09. The molecule has 0 amide bonds. The van der Waals surface area contributed by atoms with Crippen LogP contribution in [0.5, 0.6) is 5.75 Å². The molecule has 2 aromatic rings. The minimum atomic E-state index is 0.231. The Morgan fingerprint density at radius 3 is 2.70 bits per heavy atom. The quantitative estimate of drug-likeness (QED) is 0.863. The van der Waals surface area contributed by atoms with E-state index in [1.807, 2.05) is 19.1 Å². The number of nitrogens with one attached hydrogen (secondary N) is 1. The number of para-hydroxylation sites is 1. The number of aryl methyl sites for hydroxylation is 1. The first kappa shape index (κ1) is 15.0. The molecule has 0 saturated heterocycles. The molecule has 0 aliphatic heterocycles. The monoisotopic (exact) mass is 290 g/mol. The van der Waals surface area contributed by atoms with E-state index in [1.165, 1.54) is 5.56 Å². The lowest BCUT2D eigenvalue weighted by Gasteiger charge is -2.23. The Morgan fingerprint density at radius 1 is 1.35 bits per heavy atom. The maximum absolute atomic E-state index is 5.47.